The Balaban J connectivity index is 2.02. The molecule has 2 nitrogen and oxygen atoms in total. The molecule has 1 aliphatic carbocycles. The first kappa shape index (κ1) is 11.7. The Bertz CT molecular complexity index is 576. The minimum atomic E-state index is 0.310. The third-order valence-electron chi connectivity index (χ3n) is 3.68. The fourth-order valence-corrected chi connectivity index (χ4v) is 2.53. The lowest BCUT2D eigenvalue weighted by Gasteiger charge is -2.26. The molecule has 0 aliphatic heterocycles. The molecule has 0 radical (unpaired) electrons. The zero-order valence-electron chi connectivity index (χ0n) is 10.4. The van der Waals surface area contributed by atoms with Crippen LogP contribution in [0.25, 0.3) is 11.3 Å². The maximum atomic E-state index is 5.89. The van der Waals surface area contributed by atoms with E-state index in [2.05, 4.69) is 34.2 Å². The molecule has 0 amide bonds. The van der Waals surface area contributed by atoms with Crippen molar-refractivity contribution in [2.45, 2.75) is 32.1 Å². The normalized spacial score (nSPS) is 15.4. The van der Waals surface area contributed by atoms with E-state index < -0.39 is 0 Å². The standard InChI is InChI=1S/C15H15ClN2/c1-10-9-17-15(16)18-14(10)13-7-3-6-12(8-13)11-4-2-5-11/h3,6-9,11H,2,4-5H2,1H3. The van der Waals surface area contributed by atoms with Crippen LogP contribution in [0.4, 0.5) is 0 Å². The summed E-state index contributed by atoms with van der Waals surface area (Å²) in [5.41, 5.74) is 4.57. The molecule has 2 aromatic rings. The maximum Gasteiger partial charge on any atom is 0.222 e. The molecule has 92 valence electrons. The van der Waals surface area contributed by atoms with Gasteiger partial charge >= 0.3 is 0 Å². The van der Waals surface area contributed by atoms with Gasteiger partial charge in [0.25, 0.3) is 0 Å². The van der Waals surface area contributed by atoms with E-state index in [0.29, 0.717) is 5.28 Å². The summed E-state index contributed by atoms with van der Waals surface area (Å²) in [6, 6.07) is 8.66. The van der Waals surface area contributed by atoms with Gasteiger partial charge < -0.3 is 0 Å². The molecule has 0 spiro atoms. The molecule has 1 fully saturated rings. The summed E-state index contributed by atoms with van der Waals surface area (Å²) < 4.78 is 0. The highest BCUT2D eigenvalue weighted by Gasteiger charge is 2.19. The molecule has 1 aliphatic rings. The summed E-state index contributed by atoms with van der Waals surface area (Å²) in [5.74, 6) is 0.738. The van der Waals surface area contributed by atoms with Crippen LogP contribution in [0.2, 0.25) is 5.28 Å². The van der Waals surface area contributed by atoms with Crippen LogP contribution in [0.3, 0.4) is 0 Å². The number of rotatable bonds is 2. The van der Waals surface area contributed by atoms with Gasteiger partial charge in [0.2, 0.25) is 5.28 Å². The highest BCUT2D eigenvalue weighted by atomic mass is 35.5. The van der Waals surface area contributed by atoms with Crippen molar-refractivity contribution in [3.05, 3.63) is 46.9 Å². The van der Waals surface area contributed by atoms with Crippen LogP contribution in [0, 0.1) is 6.92 Å². The molecular formula is C15H15ClN2. The van der Waals surface area contributed by atoms with Gasteiger partial charge in [0, 0.05) is 11.8 Å². The van der Waals surface area contributed by atoms with Crippen LogP contribution < -0.4 is 0 Å². The van der Waals surface area contributed by atoms with Crippen molar-refractivity contribution >= 4 is 11.6 Å². The molecule has 0 bridgehead atoms. The first-order chi connectivity index (χ1) is 8.74. The number of halogens is 1. The van der Waals surface area contributed by atoms with Gasteiger partial charge in [0.1, 0.15) is 0 Å². The highest BCUT2D eigenvalue weighted by Crippen LogP contribution is 2.37. The van der Waals surface area contributed by atoms with Crippen molar-refractivity contribution in [1.29, 1.82) is 0 Å². The van der Waals surface area contributed by atoms with Gasteiger partial charge in [-0.25, -0.2) is 9.97 Å². The van der Waals surface area contributed by atoms with Gasteiger partial charge in [-0.2, -0.15) is 0 Å². The summed E-state index contributed by atoms with van der Waals surface area (Å²) in [5, 5.41) is 0.310. The molecule has 1 aromatic heterocycles. The molecule has 0 atom stereocenters. The second-order valence-corrected chi connectivity index (χ2v) is 5.26. The Labute approximate surface area is 112 Å². The monoisotopic (exact) mass is 258 g/mol. The van der Waals surface area contributed by atoms with Crippen LogP contribution in [-0.4, -0.2) is 9.97 Å². The van der Waals surface area contributed by atoms with E-state index in [4.69, 9.17) is 11.6 Å². The quantitative estimate of drug-likeness (QED) is 0.748. The van der Waals surface area contributed by atoms with Gasteiger partial charge in [-0.1, -0.05) is 24.6 Å². The summed E-state index contributed by atoms with van der Waals surface area (Å²) >= 11 is 5.89. The fraction of sp³-hybridized carbons (Fsp3) is 0.333. The van der Waals surface area contributed by atoms with E-state index >= 15 is 0 Å². The Morgan fingerprint density at radius 2 is 2.11 bits per heavy atom. The average Bonchev–Trinajstić information content (AvgIpc) is 2.30. The fourth-order valence-electron chi connectivity index (χ4n) is 2.39. The molecule has 0 N–H and O–H groups in total. The zero-order chi connectivity index (χ0) is 12.5. The molecule has 3 rings (SSSR count). The van der Waals surface area contributed by atoms with Gasteiger partial charge in [-0.15, -0.1) is 0 Å². The summed E-state index contributed by atoms with van der Waals surface area (Å²) in [4.78, 5) is 8.35. The number of hydrogen-bond acceptors (Lipinski definition) is 2. The second-order valence-electron chi connectivity index (χ2n) is 4.92. The molecule has 0 unspecified atom stereocenters. The molecule has 18 heavy (non-hydrogen) atoms. The Hall–Kier alpha value is -1.41. The van der Waals surface area contributed by atoms with Crippen LogP contribution in [0.15, 0.2) is 30.5 Å². The van der Waals surface area contributed by atoms with Crippen molar-refractivity contribution < 1.29 is 0 Å². The minimum absolute atomic E-state index is 0.310. The minimum Gasteiger partial charge on any atom is -0.226 e. The molecule has 1 aromatic carbocycles. The van der Waals surface area contributed by atoms with Crippen LogP contribution in [0.1, 0.15) is 36.3 Å². The topological polar surface area (TPSA) is 25.8 Å². The molecule has 0 saturated heterocycles. The second kappa shape index (κ2) is 4.69. The largest absolute Gasteiger partial charge is 0.226 e. The van der Waals surface area contributed by atoms with Crippen molar-refractivity contribution in [3.63, 3.8) is 0 Å². The number of aryl methyl sites for hydroxylation is 1. The lowest BCUT2D eigenvalue weighted by Crippen LogP contribution is -2.08. The zero-order valence-corrected chi connectivity index (χ0v) is 11.1. The first-order valence-electron chi connectivity index (χ1n) is 6.33. The average molecular weight is 259 g/mol. The molecular weight excluding hydrogens is 244 g/mol. The van der Waals surface area contributed by atoms with Gasteiger partial charge in [-0.05, 0) is 54.5 Å². The van der Waals surface area contributed by atoms with Crippen LogP contribution in [-0.2, 0) is 0 Å². The third-order valence-corrected chi connectivity index (χ3v) is 3.86. The van der Waals surface area contributed by atoms with E-state index in [1.54, 1.807) is 6.20 Å². The van der Waals surface area contributed by atoms with Gasteiger partial charge in [0.05, 0.1) is 5.69 Å². The number of hydrogen-bond donors (Lipinski definition) is 0. The number of benzene rings is 1. The van der Waals surface area contributed by atoms with E-state index in [-0.39, 0.29) is 0 Å². The molecule has 1 saturated carbocycles. The number of aromatic nitrogens is 2. The van der Waals surface area contributed by atoms with E-state index in [1.165, 1.54) is 24.8 Å². The van der Waals surface area contributed by atoms with Gasteiger partial charge in [-0.3, -0.25) is 0 Å². The predicted molar refractivity (Wildman–Crippen MR) is 73.8 cm³/mol. The Kier molecular flexibility index (Phi) is 3.04. The van der Waals surface area contributed by atoms with Crippen molar-refractivity contribution in [2.75, 3.05) is 0 Å². The predicted octanol–water partition coefficient (Wildman–Crippen LogP) is 4.37. The van der Waals surface area contributed by atoms with E-state index in [0.717, 1.165) is 22.7 Å². The Morgan fingerprint density at radius 3 is 2.83 bits per heavy atom. The van der Waals surface area contributed by atoms with Crippen molar-refractivity contribution in [1.82, 2.24) is 9.97 Å². The molecule has 3 heteroatoms. The summed E-state index contributed by atoms with van der Waals surface area (Å²) in [7, 11) is 0. The lowest BCUT2D eigenvalue weighted by atomic mass is 9.79. The van der Waals surface area contributed by atoms with Gasteiger partial charge in [0.15, 0.2) is 0 Å². The summed E-state index contributed by atoms with van der Waals surface area (Å²) in [6.45, 7) is 2.02. The maximum absolute atomic E-state index is 5.89. The first-order valence-corrected chi connectivity index (χ1v) is 6.71. The van der Waals surface area contributed by atoms with E-state index in [9.17, 15) is 0 Å². The summed E-state index contributed by atoms with van der Waals surface area (Å²) in [6.07, 6.45) is 5.76. The third kappa shape index (κ3) is 2.13. The number of nitrogens with zero attached hydrogens (tertiary/aromatic N) is 2. The van der Waals surface area contributed by atoms with Crippen LogP contribution in [0.5, 0.6) is 0 Å². The SMILES string of the molecule is Cc1cnc(Cl)nc1-c1cccc(C2CCC2)c1. The highest BCUT2D eigenvalue weighted by molar-refractivity contribution is 6.28. The smallest absolute Gasteiger partial charge is 0.222 e. The van der Waals surface area contributed by atoms with Crippen molar-refractivity contribution in [2.24, 2.45) is 0 Å². The van der Waals surface area contributed by atoms with Crippen LogP contribution >= 0.6 is 11.6 Å². The molecule has 1 heterocycles. The van der Waals surface area contributed by atoms with E-state index in [1.807, 2.05) is 6.92 Å². The lowest BCUT2D eigenvalue weighted by molar-refractivity contribution is 0.420. The van der Waals surface area contributed by atoms with Crippen molar-refractivity contribution in [3.8, 4) is 11.3 Å². The Morgan fingerprint density at radius 1 is 1.28 bits per heavy atom.